The molecule has 0 radical (unpaired) electrons. The van der Waals surface area contributed by atoms with Crippen molar-refractivity contribution in [1.29, 1.82) is 5.26 Å². The Morgan fingerprint density at radius 2 is 2.47 bits per heavy atom. The van der Waals surface area contributed by atoms with Crippen molar-refractivity contribution in [3.63, 3.8) is 0 Å². The molecule has 2 unspecified atom stereocenters. The van der Waals surface area contributed by atoms with E-state index in [1.54, 1.807) is 6.26 Å². The van der Waals surface area contributed by atoms with Crippen molar-refractivity contribution in [2.45, 2.75) is 25.9 Å². The summed E-state index contributed by atoms with van der Waals surface area (Å²) in [7, 11) is 0. The Labute approximate surface area is 102 Å². The van der Waals surface area contributed by atoms with Crippen LogP contribution in [0.5, 0.6) is 0 Å². The zero-order chi connectivity index (χ0) is 12.1. The molecule has 2 atom stereocenters. The Hall–Kier alpha value is -1.31. The molecule has 4 nitrogen and oxygen atoms in total. The van der Waals surface area contributed by atoms with Crippen LogP contribution in [0.25, 0.3) is 0 Å². The molecule has 1 aliphatic rings. The van der Waals surface area contributed by atoms with Crippen molar-refractivity contribution in [2.24, 2.45) is 5.92 Å². The van der Waals surface area contributed by atoms with Crippen molar-refractivity contribution in [1.82, 2.24) is 10.2 Å². The molecule has 0 saturated carbocycles. The first-order valence-electron chi connectivity index (χ1n) is 6.13. The SMILES string of the molecule is CC1CNCC(CC#N)N(Cc2ccco2)C1. The summed E-state index contributed by atoms with van der Waals surface area (Å²) in [6, 6.07) is 6.47. The van der Waals surface area contributed by atoms with E-state index in [0.717, 1.165) is 31.9 Å². The normalized spacial score (nSPS) is 26.4. The summed E-state index contributed by atoms with van der Waals surface area (Å²) in [5.74, 6) is 1.58. The van der Waals surface area contributed by atoms with Crippen LogP contribution in [-0.2, 0) is 6.54 Å². The third kappa shape index (κ3) is 3.32. The Morgan fingerprint density at radius 1 is 1.59 bits per heavy atom. The zero-order valence-electron chi connectivity index (χ0n) is 10.2. The van der Waals surface area contributed by atoms with Gasteiger partial charge in [0.25, 0.3) is 0 Å². The molecule has 1 aromatic heterocycles. The van der Waals surface area contributed by atoms with Gasteiger partial charge in [-0.25, -0.2) is 0 Å². The molecule has 1 N–H and O–H groups in total. The summed E-state index contributed by atoms with van der Waals surface area (Å²) in [6.07, 6.45) is 2.27. The number of rotatable bonds is 3. The van der Waals surface area contributed by atoms with Gasteiger partial charge in [0, 0.05) is 19.1 Å². The lowest BCUT2D eigenvalue weighted by Crippen LogP contribution is -2.39. The van der Waals surface area contributed by atoms with Gasteiger partial charge in [-0.1, -0.05) is 6.92 Å². The molecule has 2 rings (SSSR count). The molecule has 0 aromatic carbocycles. The van der Waals surface area contributed by atoms with Gasteiger partial charge in [-0.15, -0.1) is 0 Å². The molecule has 92 valence electrons. The molecule has 0 amide bonds. The second kappa shape index (κ2) is 5.85. The fourth-order valence-electron chi connectivity index (χ4n) is 2.34. The Kier molecular flexibility index (Phi) is 4.18. The highest BCUT2D eigenvalue weighted by Gasteiger charge is 2.24. The van der Waals surface area contributed by atoms with E-state index < -0.39 is 0 Å². The van der Waals surface area contributed by atoms with Crippen LogP contribution in [-0.4, -0.2) is 30.6 Å². The third-order valence-electron chi connectivity index (χ3n) is 3.20. The van der Waals surface area contributed by atoms with E-state index in [1.165, 1.54) is 0 Å². The first-order valence-corrected chi connectivity index (χ1v) is 6.13. The van der Waals surface area contributed by atoms with Crippen LogP contribution in [0.15, 0.2) is 22.8 Å². The summed E-state index contributed by atoms with van der Waals surface area (Å²) in [5.41, 5.74) is 0. The molecule has 17 heavy (non-hydrogen) atoms. The van der Waals surface area contributed by atoms with Gasteiger partial charge in [0.1, 0.15) is 5.76 Å². The lowest BCUT2D eigenvalue weighted by atomic mass is 10.1. The predicted molar refractivity (Wildman–Crippen MR) is 65.2 cm³/mol. The van der Waals surface area contributed by atoms with E-state index in [1.807, 2.05) is 12.1 Å². The summed E-state index contributed by atoms with van der Waals surface area (Å²) in [6.45, 7) is 5.96. The zero-order valence-corrected chi connectivity index (χ0v) is 10.2. The van der Waals surface area contributed by atoms with Gasteiger partial charge < -0.3 is 9.73 Å². The Morgan fingerprint density at radius 3 is 3.18 bits per heavy atom. The number of hydrogen-bond donors (Lipinski definition) is 1. The number of nitriles is 1. The molecule has 2 heterocycles. The highest BCUT2D eigenvalue weighted by molar-refractivity contribution is 4.99. The summed E-state index contributed by atoms with van der Waals surface area (Å²) < 4.78 is 5.39. The van der Waals surface area contributed by atoms with E-state index in [-0.39, 0.29) is 6.04 Å². The van der Waals surface area contributed by atoms with Gasteiger partial charge in [-0.3, -0.25) is 4.90 Å². The van der Waals surface area contributed by atoms with Crippen LogP contribution in [0, 0.1) is 17.2 Å². The number of hydrogen-bond acceptors (Lipinski definition) is 4. The minimum Gasteiger partial charge on any atom is -0.468 e. The van der Waals surface area contributed by atoms with Crippen LogP contribution in [0.3, 0.4) is 0 Å². The van der Waals surface area contributed by atoms with Crippen molar-refractivity contribution >= 4 is 0 Å². The van der Waals surface area contributed by atoms with Crippen molar-refractivity contribution in [3.8, 4) is 6.07 Å². The molecule has 4 heteroatoms. The summed E-state index contributed by atoms with van der Waals surface area (Å²) >= 11 is 0. The van der Waals surface area contributed by atoms with Gasteiger partial charge in [0.2, 0.25) is 0 Å². The monoisotopic (exact) mass is 233 g/mol. The number of nitrogens with one attached hydrogen (secondary N) is 1. The molecule has 1 fully saturated rings. The molecule has 1 saturated heterocycles. The highest BCUT2D eigenvalue weighted by atomic mass is 16.3. The fraction of sp³-hybridized carbons (Fsp3) is 0.615. The quantitative estimate of drug-likeness (QED) is 0.861. The van der Waals surface area contributed by atoms with Gasteiger partial charge >= 0.3 is 0 Å². The van der Waals surface area contributed by atoms with Crippen molar-refractivity contribution < 1.29 is 4.42 Å². The second-order valence-electron chi connectivity index (χ2n) is 4.79. The van der Waals surface area contributed by atoms with E-state index in [0.29, 0.717) is 12.3 Å². The maximum absolute atomic E-state index is 8.89. The molecule has 0 aliphatic carbocycles. The summed E-state index contributed by atoms with van der Waals surface area (Å²) in [4.78, 5) is 2.35. The maximum Gasteiger partial charge on any atom is 0.117 e. The lowest BCUT2D eigenvalue weighted by Gasteiger charge is -2.28. The van der Waals surface area contributed by atoms with Crippen LogP contribution < -0.4 is 5.32 Å². The second-order valence-corrected chi connectivity index (χ2v) is 4.79. The minimum atomic E-state index is 0.287. The van der Waals surface area contributed by atoms with E-state index in [2.05, 4.69) is 23.2 Å². The fourth-order valence-corrected chi connectivity index (χ4v) is 2.34. The van der Waals surface area contributed by atoms with Crippen LogP contribution in [0.4, 0.5) is 0 Å². The van der Waals surface area contributed by atoms with Gasteiger partial charge in [0.15, 0.2) is 0 Å². The first kappa shape index (κ1) is 12.2. The lowest BCUT2D eigenvalue weighted by molar-refractivity contribution is 0.172. The summed E-state index contributed by atoms with van der Waals surface area (Å²) in [5, 5.41) is 12.3. The Bertz CT molecular complexity index is 369. The third-order valence-corrected chi connectivity index (χ3v) is 3.20. The van der Waals surface area contributed by atoms with Crippen LogP contribution in [0.1, 0.15) is 19.1 Å². The Balaban J connectivity index is 2.04. The molecule has 0 bridgehead atoms. The average molecular weight is 233 g/mol. The average Bonchev–Trinajstić information content (AvgIpc) is 2.73. The van der Waals surface area contributed by atoms with Gasteiger partial charge in [-0.05, 0) is 24.6 Å². The van der Waals surface area contributed by atoms with E-state index >= 15 is 0 Å². The largest absolute Gasteiger partial charge is 0.468 e. The molecule has 1 aliphatic heterocycles. The van der Waals surface area contributed by atoms with Gasteiger partial charge in [0.05, 0.1) is 25.3 Å². The smallest absolute Gasteiger partial charge is 0.117 e. The number of nitrogens with zero attached hydrogens (tertiary/aromatic N) is 2. The molecular formula is C13H19N3O. The first-order chi connectivity index (χ1) is 8.29. The van der Waals surface area contributed by atoms with Crippen molar-refractivity contribution in [2.75, 3.05) is 19.6 Å². The minimum absolute atomic E-state index is 0.287. The van der Waals surface area contributed by atoms with Crippen LogP contribution >= 0.6 is 0 Å². The van der Waals surface area contributed by atoms with E-state index in [4.69, 9.17) is 9.68 Å². The van der Waals surface area contributed by atoms with Crippen LogP contribution in [0.2, 0.25) is 0 Å². The molecule has 0 spiro atoms. The standard InChI is InChI=1S/C13H19N3O/c1-11-7-15-8-12(4-5-14)16(9-11)10-13-3-2-6-17-13/h2-3,6,11-12,15H,4,7-10H2,1H3. The molecule has 1 aromatic rings. The van der Waals surface area contributed by atoms with Crippen molar-refractivity contribution in [3.05, 3.63) is 24.2 Å². The number of furan rings is 1. The predicted octanol–water partition coefficient (Wildman–Crippen LogP) is 1.60. The van der Waals surface area contributed by atoms with Gasteiger partial charge in [-0.2, -0.15) is 5.26 Å². The molecular weight excluding hydrogens is 214 g/mol. The highest BCUT2D eigenvalue weighted by Crippen LogP contribution is 2.15. The van der Waals surface area contributed by atoms with E-state index in [9.17, 15) is 0 Å². The maximum atomic E-state index is 8.89. The topological polar surface area (TPSA) is 52.2 Å².